The van der Waals surface area contributed by atoms with Crippen LogP contribution in [0.2, 0.25) is 0 Å². The van der Waals surface area contributed by atoms with Gasteiger partial charge in [-0.25, -0.2) is 0 Å². The summed E-state index contributed by atoms with van der Waals surface area (Å²) >= 11 is 5.22. The van der Waals surface area contributed by atoms with Gasteiger partial charge in [-0.05, 0) is 49.3 Å². The van der Waals surface area contributed by atoms with Gasteiger partial charge in [0.25, 0.3) is 10.7 Å². The maximum absolute atomic E-state index is 9.75. The van der Waals surface area contributed by atoms with Gasteiger partial charge in [0.05, 0.1) is 13.7 Å². The number of hydrogen-bond acceptors (Lipinski definition) is 6. The minimum absolute atomic E-state index is 0.209. The second-order valence-electron chi connectivity index (χ2n) is 5.88. The van der Waals surface area contributed by atoms with E-state index in [1.807, 2.05) is 24.3 Å². The summed E-state index contributed by atoms with van der Waals surface area (Å²) in [6.45, 7) is 2.53. The highest BCUT2D eigenvalue weighted by molar-refractivity contribution is 7.71. The van der Waals surface area contributed by atoms with Crippen LogP contribution in [0.4, 0.5) is 0 Å². The van der Waals surface area contributed by atoms with Crippen molar-refractivity contribution in [3.05, 3.63) is 35.0 Å². The molecule has 0 saturated carbocycles. The van der Waals surface area contributed by atoms with E-state index in [4.69, 9.17) is 26.1 Å². The lowest BCUT2D eigenvalue weighted by atomic mass is 10.1. The lowest BCUT2D eigenvalue weighted by molar-refractivity contribution is -0.931. The third-order valence-corrected chi connectivity index (χ3v) is 4.33. The molecule has 2 N–H and O–H groups in total. The molecule has 0 aliphatic carbocycles. The van der Waals surface area contributed by atoms with Crippen molar-refractivity contribution in [2.24, 2.45) is 0 Å². The number of ether oxygens (including phenoxy) is 2. The number of rotatable bonds is 6. The van der Waals surface area contributed by atoms with Gasteiger partial charge in [-0.2, -0.15) is 4.68 Å². The Kier molecular flexibility index (Phi) is 5.49. The van der Waals surface area contributed by atoms with Gasteiger partial charge in [-0.15, -0.1) is 5.10 Å². The Balaban J connectivity index is 1.58. The van der Waals surface area contributed by atoms with Crippen molar-refractivity contribution in [3.63, 3.8) is 0 Å². The molecule has 1 saturated heterocycles. The van der Waals surface area contributed by atoms with Crippen LogP contribution in [0.1, 0.15) is 18.7 Å². The Morgan fingerprint density at radius 1 is 1.38 bits per heavy atom. The van der Waals surface area contributed by atoms with Gasteiger partial charge >= 0.3 is 0 Å². The smallest absolute Gasteiger partial charge is 0.291 e. The number of quaternary nitrogens is 1. The largest absolute Gasteiger partial charge is 0.497 e. The van der Waals surface area contributed by atoms with Crippen LogP contribution in [0.5, 0.6) is 11.5 Å². The number of aliphatic hydroxyl groups excluding tert-OH is 1. The molecule has 2 heterocycles. The van der Waals surface area contributed by atoms with Gasteiger partial charge < -0.3 is 23.9 Å². The van der Waals surface area contributed by atoms with Crippen LogP contribution in [0.3, 0.4) is 0 Å². The van der Waals surface area contributed by atoms with E-state index >= 15 is 0 Å². The molecule has 7 nitrogen and oxygen atoms in total. The van der Waals surface area contributed by atoms with Crippen LogP contribution in [0.15, 0.2) is 28.7 Å². The summed E-state index contributed by atoms with van der Waals surface area (Å²) in [4.78, 5) is 1.58. The quantitative estimate of drug-likeness (QED) is 0.749. The first-order valence-electron chi connectivity index (χ1n) is 7.99. The van der Waals surface area contributed by atoms with Crippen molar-refractivity contribution in [2.45, 2.75) is 32.2 Å². The third kappa shape index (κ3) is 4.34. The van der Waals surface area contributed by atoms with E-state index in [1.165, 1.54) is 4.90 Å². The molecule has 3 rings (SSSR count). The number of nitrogens with one attached hydrogen (secondary N) is 1. The standard InChI is InChI=1S/C16H21N3O4S/c1-21-13-4-6-14(7-5-13)22-10-15-17-19(16(24)23-15)11-18-8-2-3-12(20)9-18/h4-7,12,20H,2-3,8-11H2,1H3/p+1/t12-/m1/s1. The summed E-state index contributed by atoms with van der Waals surface area (Å²) in [7, 11) is 1.62. The highest BCUT2D eigenvalue weighted by Crippen LogP contribution is 2.18. The first kappa shape index (κ1) is 16.9. The molecule has 0 spiro atoms. The average Bonchev–Trinajstić information content (AvgIpc) is 2.93. The number of likely N-dealkylation sites (tertiary alicyclic amines) is 1. The highest BCUT2D eigenvalue weighted by Gasteiger charge is 2.22. The van der Waals surface area contributed by atoms with E-state index in [9.17, 15) is 5.11 Å². The highest BCUT2D eigenvalue weighted by atomic mass is 32.1. The molecule has 1 unspecified atom stereocenters. The fraction of sp³-hybridized carbons (Fsp3) is 0.500. The lowest BCUT2D eigenvalue weighted by Gasteiger charge is -2.26. The second kappa shape index (κ2) is 7.78. The topological polar surface area (TPSA) is 74.1 Å². The zero-order valence-electron chi connectivity index (χ0n) is 13.6. The van der Waals surface area contributed by atoms with E-state index in [0.717, 1.165) is 25.1 Å². The van der Waals surface area contributed by atoms with Crippen LogP contribution >= 0.6 is 12.2 Å². The van der Waals surface area contributed by atoms with Crippen molar-refractivity contribution in [2.75, 3.05) is 20.2 Å². The monoisotopic (exact) mass is 352 g/mol. The van der Waals surface area contributed by atoms with Crippen LogP contribution in [0, 0.1) is 4.84 Å². The molecular formula is C16H22N3O4S+. The summed E-state index contributed by atoms with van der Waals surface area (Å²) in [6.07, 6.45) is 1.64. The van der Waals surface area contributed by atoms with Crippen molar-refractivity contribution >= 4 is 12.2 Å². The molecule has 130 valence electrons. The van der Waals surface area contributed by atoms with Crippen LogP contribution in [-0.4, -0.2) is 41.2 Å². The molecule has 8 heteroatoms. The molecular weight excluding hydrogens is 330 g/mol. The lowest BCUT2D eigenvalue weighted by Crippen LogP contribution is -3.13. The van der Waals surface area contributed by atoms with E-state index in [0.29, 0.717) is 29.7 Å². The first-order valence-corrected chi connectivity index (χ1v) is 8.40. The molecule has 1 aromatic heterocycles. The SMILES string of the molecule is COc1ccc(OCc2nn(C[NH+]3CCC[C@@H](O)C3)c(=S)o2)cc1. The molecule has 0 bridgehead atoms. The second-order valence-corrected chi connectivity index (χ2v) is 6.23. The van der Waals surface area contributed by atoms with E-state index < -0.39 is 0 Å². The molecule has 1 aliphatic rings. The number of aromatic nitrogens is 2. The van der Waals surface area contributed by atoms with Gasteiger partial charge in [0.15, 0.2) is 13.3 Å². The number of piperidine rings is 1. The summed E-state index contributed by atoms with van der Waals surface area (Å²) in [5.74, 6) is 1.92. The number of hydrogen-bond donors (Lipinski definition) is 2. The van der Waals surface area contributed by atoms with Crippen molar-refractivity contribution < 1.29 is 23.9 Å². The summed E-state index contributed by atoms with van der Waals surface area (Å²) < 4.78 is 17.9. The van der Waals surface area contributed by atoms with Gasteiger partial charge in [-0.1, -0.05) is 0 Å². The number of aliphatic hydroxyl groups is 1. The summed E-state index contributed by atoms with van der Waals surface area (Å²) in [6, 6.07) is 7.30. The first-order chi connectivity index (χ1) is 11.6. The molecule has 0 radical (unpaired) electrons. The Labute approximate surface area is 145 Å². The van der Waals surface area contributed by atoms with Gasteiger partial charge in [0, 0.05) is 0 Å². The Morgan fingerprint density at radius 2 is 2.12 bits per heavy atom. The minimum atomic E-state index is -0.243. The van der Waals surface area contributed by atoms with Gasteiger partial charge in [0.1, 0.15) is 24.1 Å². The average molecular weight is 352 g/mol. The normalized spacial score (nSPS) is 20.8. The molecule has 24 heavy (non-hydrogen) atoms. The van der Waals surface area contributed by atoms with Crippen molar-refractivity contribution in [3.8, 4) is 11.5 Å². The molecule has 2 atom stereocenters. The Morgan fingerprint density at radius 3 is 2.83 bits per heavy atom. The van der Waals surface area contributed by atoms with E-state index in [-0.39, 0.29) is 12.7 Å². The fourth-order valence-electron chi connectivity index (χ4n) is 2.81. The number of nitrogens with zero attached hydrogens (tertiary/aromatic N) is 2. The third-order valence-electron chi connectivity index (χ3n) is 4.04. The predicted octanol–water partition coefficient (Wildman–Crippen LogP) is 0.790. The van der Waals surface area contributed by atoms with Crippen LogP contribution in [-0.2, 0) is 13.3 Å². The number of benzene rings is 1. The van der Waals surface area contributed by atoms with E-state index in [2.05, 4.69) is 5.10 Å². The van der Waals surface area contributed by atoms with Gasteiger partial charge in [0.2, 0.25) is 0 Å². The Bertz CT molecular complexity index is 713. The maximum atomic E-state index is 9.75. The zero-order chi connectivity index (χ0) is 16.9. The Hall–Kier alpha value is -1.90. The molecule has 2 aromatic rings. The fourth-order valence-corrected chi connectivity index (χ4v) is 3.01. The minimum Gasteiger partial charge on any atom is -0.497 e. The molecule has 1 aliphatic heterocycles. The predicted molar refractivity (Wildman–Crippen MR) is 88.6 cm³/mol. The molecule has 1 aromatic carbocycles. The summed E-state index contributed by atoms with van der Waals surface area (Å²) in [5.41, 5.74) is 0. The van der Waals surface area contributed by atoms with Crippen molar-refractivity contribution in [1.82, 2.24) is 9.78 Å². The van der Waals surface area contributed by atoms with Crippen LogP contribution in [0.25, 0.3) is 0 Å². The molecule has 1 fully saturated rings. The number of methoxy groups -OCH3 is 1. The van der Waals surface area contributed by atoms with Gasteiger partial charge in [-0.3, -0.25) is 0 Å². The maximum Gasteiger partial charge on any atom is 0.291 e. The zero-order valence-corrected chi connectivity index (χ0v) is 14.4. The van der Waals surface area contributed by atoms with Crippen molar-refractivity contribution in [1.29, 1.82) is 0 Å². The van der Waals surface area contributed by atoms with Crippen LogP contribution < -0.4 is 14.4 Å². The summed E-state index contributed by atoms with van der Waals surface area (Å²) in [5, 5.41) is 14.1. The molecule has 0 amide bonds. The van der Waals surface area contributed by atoms with E-state index in [1.54, 1.807) is 11.8 Å².